The first-order chi connectivity index (χ1) is 12.9. The minimum Gasteiger partial charge on any atom is -0.486 e. The number of halogens is 4. The van der Waals surface area contributed by atoms with E-state index < -0.39 is 11.6 Å². The second-order valence-electron chi connectivity index (χ2n) is 5.81. The minimum atomic E-state index is -0.626. The fraction of sp³-hybridized carbons (Fsp3) is 0.294. The van der Waals surface area contributed by atoms with Crippen LogP contribution in [0.25, 0.3) is 10.9 Å². The van der Waals surface area contributed by atoms with Gasteiger partial charge < -0.3 is 20.8 Å². The summed E-state index contributed by atoms with van der Waals surface area (Å²) in [6.45, 7) is 2.74. The Labute approximate surface area is 164 Å². The summed E-state index contributed by atoms with van der Waals surface area (Å²) in [6.07, 6.45) is 0.476. The number of aromatic nitrogens is 3. The molecule has 0 radical (unpaired) electrons. The largest absolute Gasteiger partial charge is 0.486 e. The Hall–Kier alpha value is -2.16. The fourth-order valence-corrected chi connectivity index (χ4v) is 3.27. The van der Waals surface area contributed by atoms with Gasteiger partial charge in [-0.3, -0.25) is 0 Å². The van der Waals surface area contributed by atoms with Crippen LogP contribution in [-0.4, -0.2) is 34.6 Å². The highest BCUT2D eigenvalue weighted by Gasteiger charge is 2.16. The summed E-state index contributed by atoms with van der Waals surface area (Å²) in [6, 6.07) is 2.16. The molecular weight excluding hydrogens is 399 g/mol. The maximum Gasteiger partial charge on any atom is 0.226 e. The van der Waals surface area contributed by atoms with E-state index in [0.29, 0.717) is 30.7 Å². The van der Waals surface area contributed by atoms with Crippen molar-refractivity contribution in [2.45, 2.75) is 13.3 Å². The number of nitrogens with one attached hydrogen (secondary N) is 2. The average Bonchev–Trinajstić information content (AvgIpc) is 2.90. The van der Waals surface area contributed by atoms with Crippen molar-refractivity contribution in [3.05, 3.63) is 45.5 Å². The summed E-state index contributed by atoms with van der Waals surface area (Å²) >= 11 is 11.9. The molecule has 4 N–H and O–H groups in total. The zero-order valence-corrected chi connectivity index (χ0v) is 15.9. The average molecular weight is 416 g/mol. The number of H-pyrrole nitrogens is 1. The number of hydrogen-bond acceptors (Lipinski definition) is 5. The molecule has 10 heteroatoms. The van der Waals surface area contributed by atoms with Crippen molar-refractivity contribution >= 4 is 39.9 Å². The number of hydrogen-bond donors (Lipinski definition) is 3. The number of nitrogens with zero attached hydrogens (tertiary/aromatic N) is 2. The van der Waals surface area contributed by atoms with Crippen LogP contribution in [0.4, 0.5) is 14.6 Å². The summed E-state index contributed by atoms with van der Waals surface area (Å²) in [5.41, 5.74) is 7.28. The first-order valence-electron chi connectivity index (χ1n) is 8.16. The number of fused-ring (bicyclic) bond motifs is 1. The van der Waals surface area contributed by atoms with Gasteiger partial charge in [-0.2, -0.15) is 4.98 Å². The summed E-state index contributed by atoms with van der Waals surface area (Å²) < 4.78 is 33.0. The van der Waals surface area contributed by atoms with Gasteiger partial charge in [0.25, 0.3) is 0 Å². The van der Waals surface area contributed by atoms with Gasteiger partial charge in [0.05, 0.1) is 5.52 Å². The van der Waals surface area contributed by atoms with E-state index in [1.54, 1.807) is 6.92 Å². The third-order valence-electron chi connectivity index (χ3n) is 3.97. The second kappa shape index (κ2) is 8.24. The zero-order valence-electron chi connectivity index (χ0n) is 14.4. The number of rotatable bonds is 7. The summed E-state index contributed by atoms with van der Waals surface area (Å²) in [5, 5.41) is 3.62. The molecule has 27 heavy (non-hydrogen) atoms. The smallest absolute Gasteiger partial charge is 0.226 e. The molecule has 0 saturated carbocycles. The highest BCUT2D eigenvalue weighted by Crippen LogP contribution is 2.31. The Morgan fingerprint density at radius 1 is 1.26 bits per heavy atom. The van der Waals surface area contributed by atoms with Crippen LogP contribution in [0.2, 0.25) is 10.4 Å². The van der Waals surface area contributed by atoms with Crippen LogP contribution in [-0.2, 0) is 6.42 Å². The lowest BCUT2D eigenvalue weighted by molar-refractivity contribution is 0.327. The van der Waals surface area contributed by atoms with Crippen LogP contribution in [0.5, 0.6) is 5.75 Å². The number of ether oxygens (including phenoxy) is 1. The number of benzene rings is 1. The SMILES string of the molecule is Cc1[nH]c2c(F)cc(F)cc2c1CCNc1nc(Cl)nc(Cl)c1OCCN. The molecule has 3 rings (SSSR count). The molecule has 0 aliphatic carbocycles. The normalized spacial score (nSPS) is 11.2. The molecule has 0 aliphatic rings. The highest BCUT2D eigenvalue weighted by atomic mass is 35.5. The number of nitrogens with two attached hydrogens (primary N) is 1. The molecule has 3 aromatic rings. The summed E-state index contributed by atoms with van der Waals surface area (Å²) in [7, 11) is 0. The molecule has 0 fully saturated rings. The summed E-state index contributed by atoms with van der Waals surface area (Å²) in [5.74, 6) is -0.679. The van der Waals surface area contributed by atoms with E-state index in [2.05, 4.69) is 20.3 Å². The monoisotopic (exact) mass is 415 g/mol. The third kappa shape index (κ3) is 4.23. The van der Waals surface area contributed by atoms with Crippen molar-refractivity contribution in [3.8, 4) is 5.75 Å². The molecule has 6 nitrogen and oxygen atoms in total. The van der Waals surface area contributed by atoms with Gasteiger partial charge in [0.15, 0.2) is 16.7 Å². The Morgan fingerprint density at radius 2 is 2.04 bits per heavy atom. The molecule has 0 spiro atoms. The molecule has 0 atom stereocenters. The van der Waals surface area contributed by atoms with Crippen LogP contribution < -0.4 is 15.8 Å². The van der Waals surface area contributed by atoms with Crippen LogP contribution in [0.1, 0.15) is 11.3 Å². The summed E-state index contributed by atoms with van der Waals surface area (Å²) in [4.78, 5) is 10.9. The van der Waals surface area contributed by atoms with Crippen LogP contribution in [0.15, 0.2) is 12.1 Å². The van der Waals surface area contributed by atoms with Gasteiger partial charge in [0.1, 0.15) is 18.2 Å². The van der Waals surface area contributed by atoms with Crippen molar-refractivity contribution in [2.75, 3.05) is 25.0 Å². The van der Waals surface area contributed by atoms with E-state index in [1.165, 1.54) is 6.07 Å². The molecule has 2 heterocycles. The zero-order chi connectivity index (χ0) is 19.6. The molecule has 0 aliphatic heterocycles. The molecule has 144 valence electrons. The van der Waals surface area contributed by atoms with Crippen molar-refractivity contribution in [1.29, 1.82) is 0 Å². The lowest BCUT2D eigenvalue weighted by Crippen LogP contribution is -2.14. The Bertz CT molecular complexity index is 980. The van der Waals surface area contributed by atoms with Gasteiger partial charge in [-0.15, -0.1) is 0 Å². The molecule has 0 unspecified atom stereocenters. The van der Waals surface area contributed by atoms with Crippen molar-refractivity contribution in [1.82, 2.24) is 15.0 Å². The van der Waals surface area contributed by atoms with Gasteiger partial charge in [-0.25, -0.2) is 13.8 Å². The van der Waals surface area contributed by atoms with Gasteiger partial charge in [-0.1, -0.05) is 11.6 Å². The van der Waals surface area contributed by atoms with E-state index in [9.17, 15) is 8.78 Å². The van der Waals surface area contributed by atoms with E-state index in [4.69, 9.17) is 33.7 Å². The van der Waals surface area contributed by atoms with Gasteiger partial charge in [0, 0.05) is 30.2 Å². The predicted molar refractivity (Wildman–Crippen MR) is 102 cm³/mol. The topological polar surface area (TPSA) is 88.8 Å². The fourth-order valence-electron chi connectivity index (χ4n) is 2.84. The molecule has 1 aromatic carbocycles. The van der Waals surface area contributed by atoms with E-state index in [0.717, 1.165) is 17.3 Å². The molecule has 0 saturated heterocycles. The lowest BCUT2D eigenvalue weighted by Gasteiger charge is -2.13. The van der Waals surface area contributed by atoms with Crippen molar-refractivity contribution < 1.29 is 13.5 Å². The molecule has 2 aromatic heterocycles. The second-order valence-corrected chi connectivity index (χ2v) is 6.51. The highest BCUT2D eigenvalue weighted by molar-refractivity contribution is 6.33. The van der Waals surface area contributed by atoms with E-state index in [-0.39, 0.29) is 28.3 Å². The Morgan fingerprint density at radius 3 is 2.78 bits per heavy atom. The quantitative estimate of drug-likeness (QED) is 0.402. The molecule has 0 bridgehead atoms. The van der Waals surface area contributed by atoms with E-state index in [1.807, 2.05) is 0 Å². The maximum atomic E-state index is 13.9. The number of aryl methyl sites for hydroxylation is 1. The van der Waals surface area contributed by atoms with Crippen LogP contribution in [0, 0.1) is 18.6 Å². The predicted octanol–water partition coefficient (Wildman–Crippen LogP) is 3.84. The molecular formula is C17H17Cl2F2N5O. The maximum absolute atomic E-state index is 13.9. The van der Waals surface area contributed by atoms with Crippen LogP contribution >= 0.6 is 23.2 Å². The number of aromatic amines is 1. The third-order valence-corrected chi connectivity index (χ3v) is 4.40. The lowest BCUT2D eigenvalue weighted by atomic mass is 10.1. The van der Waals surface area contributed by atoms with Crippen LogP contribution in [0.3, 0.4) is 0 Å². The Balaban J connectivity index is 1.81. The minimum absolute atomic E-state index is 0.0324. The number of anilines is 1. The Kier molecular flexibility index (Phi) is 5.98. The first kappa shape index (κ1) is 19.6. The first-order valence-corrected chi connectivity index (χ1v) is 8.92. The molecule has 0 amide bonds. The standard InChI is InChI=1S/C17H17Cl2F2N5O/c1-8-10(11-6-9(20)7-12(21)13(11)24-8)2-4-23-16-14(27-5-3-22)15(18)25-17(19)26-16/h6-7,24H,2-5,22H2,1H3,(H,23,25,26). The van der Waals surface area contributed by atoms with Crippen molar-refractivity contribution in [2.24, 2.45) is 5.73 Å². The van der Waals surface area contributed by atoms with Crippen molar-refractivity contribution in [3.63, 3.8) is 0 Å². The van der Waals surface area contributed by atoms with Gasteiger partial charge in [-0.05, 0) is 36.6 Å². The van der Waals surface area contributed by atoms with E-state index >= 15 is 0 Å². The van der Waals surface area contributed by atoms with Gasteiger partial charge in [0.2, 0.25) is 5.28 Å². The van der Waals surface area contributed by atoms with Gasteiger partial charge >= 0.3 is 0 Å².